The van der Waals surface area contributed by atoms with Gasteiger partial charge in [-0.3, -0.25) is 4.90 Å². The lowest BCUT2D eigenvalue weighted by Crippen LogP contribution is -2.32. The number of piperidine rings is 1. The topological polar surface area (TPSA) is 21.7 Å². The molecule has 0 N–H and O–H groups in total. The van der Waals surface area contributed by atoms with Gasteiger partial charge >= 0.3 is 0 Å². The van der Waals surface area contributed by atoms with Crippen LogP contribution in [0.5, 0.6) is 11.5 Å². The summed E-state index contributed by atoms with van der Waals surface area (Å²) in [7, 11) is 1.67. The molecule has 3 heteroatoms. The maximum Gasteiger partial charge on any atom is 0.123 e. The van der Waals surface area contributed by atoms with Gasteiger partial charge in [0.25, 0.3) is 0 Å². The fraction of sp³-hybridized carbons (Fsp3) is 0.529. The van der Waals surface area contributed by atoms with Crippen LogP contribution in [-0.2, 0) is 0 Å². The van der Waals surface area contributed by atoms with Crippen LogP contribution in [0.1, 0.15) is 19.8 Å². The van der Waals surface area contributed by atoms with E-state index in [-0.39, 0.29) is 0 Å². The van der Waals surface area contributed by atoms with Crippen LogP contribution >= 0.6 is 0 Å². The van der Waals surface area contributed by atoms with Crippen LogP contribution in [0, 0.1) is 5.92 Å². The Labute approximate surface area is 122 Å². The summed E-state index contributed by atoms with van der Waals surface area (Å²) < 4.78 is 10.8. The molecule has 0 aromatic heterocycles. The van der Waals surface area contributed by atoms with E-state index < -0.39 is 0 Å². The summed E-state index contributed by atoms with van der Waals surface area (Å²) in [6.45, 7) is 6.44. The Morgan fingerprint density at radius 1 is 1.20 bits per heavy atom. The van der Waals surface area contributed by atoms with Crippen molar-refractivity contribution in [1.29, 1.82) is 0 Å². The smallest absolute Gasteiger partial charge is 0.123 e. The highest BCUT2D eigenvalue weighted by Gasteiger charge is 2.13. The van der Waals surface area contributed by atoms with Crippen LogP contribution in [0.3, 0.4) is 0 Å². The Balaban J connectivity index is 1.66. The van der Waals surface area contributed by atoms with Gasteiger partial charge in [-0.1, -0.05) is 25.1 Å². The average molecular weight is 275 g/mol. The van der Waals surface area contributed by atoms with E-state index in [9.17, 15) is 0 Å². The molecule has 1 aromatic rings. The molecule has 0 saturated carbocycles. The summed E-state index contributed by atoms with van der Waals surface area (Å²) in [4.78, 5) is 2.50. The van der Waals surface area contributed by atoms with E-state index in [1.165, 1.54) is 25.9 Å². The van der Waals surface area contributed by atoms with Crippen molar-refractivity contribution in [2.45, 2.75) is 19.8 Å². The van der Waals surface area contributed by atoms with Gasteiger partial charge in [0.05, 0.1) is 7.11 Å². The van der Waals surface area contributed by atoms with E-state index in [0.717, 1.165) is 24.0 Å². The molecular weight excluding hydrogens is 250 g/mol. The van der Waals surface area contributed by atoms with Gasteiger partial charge in [0, 0.05) is 12.6 Å². The van der Waals surface area contributed by atoms with Gasteiger partial charge in [0.2, 0.25) is 0 Å². The van der Waals surface area contributed by atoms with E-state index in [1.807, 2.05) is 24.3 Å². The molecule has 0 spiro atoms. The maximum absolute atomic E-state index is 5.67. The standard InChI is InChI=1S/C17H25NO2/c1-15-8-11-18(12-9-15)10-3-4-13-20-17-7-5-6-16(14-17)19-2/h3-7,14-15H,8-13H2,1-2H3. The van der Waals surface area contributed by atoms with Gasteiger partial charge < -0.3 is 9.47 Å². The molecule has 0 atom stereocenters. The van der Waals surface area contributed by atoms with E-state index in [0.29, 0.717) is 6.61 Å². The highest BCUT2D eigenvalue weighted by Crippen LogP contribution is 2.18. The molecule has 20 heavy (non-hydrogen) atoms. The normalized spacial score (nSPS) is 17.5. The lowest BCUT2D eigenvalue weighted by atomic mass is 9.99. The molecule has 0 radical (unpaired) electrons. The second kappa shape index (κ2) is 7.95. The minimum absolute atomic E-state index is 0.609. The van der Waals surface area contributed by atoms with E-state index in [4.69, 9.17) is 9.47 Å². The first kappa shape index (κ1) is 14.9. The van der Waals surface area contributed by atoms with Gasteiger partial charge in [-0.05, 0) is 44.0 Å². The predicted molar refractivity (Wildman–Crippen MR) is 82.5 cm³/mol. The highest BCUT2D eigenvalue weighted by molar-refractivity contribution is 5.32. The van der Waals surface area contributed by atoms with Crippen molar-refractivity contribution in [3.05, 3.63) is 36.4 Å². The predicted octanol–water partition coefficient (Wildman–Crippen LogP) is 3.36. The van der Waals surface area contributed by atoms with Gasteiger partial charge in [-0.2, -0.15) is 0 Å². The highest BCUT2D eigenvalue weighted by atomic mass is 16.5. The van der Waals surface area contributed by atoms with Crippen molar-refractivity contribution in [2.75, 3.05) is 33.4 Å². The molecule has 1 heterocycles. The molecule has 2 rings (SSSR count). The fourth-order valence-electron chi connectivity index (χ4n) is 2.37. The summed E-state index contributed by atoms with van der Waals surface area (Å²) in [5, 5.41) is 0. The van der Waals surface area contributed by atoms with E-state index in [2.05, 4.69) is 24.0 Å². The zero-order valence-corrected chi connectivity index (χ0v) is 12.5. The third kappa shape index (κ3) is 4.89. The zero-order valence-electron chi connectivity index (χ0n) is 12.5. The molecule has 1 aromatic carbocycles. The van der Waals surface area contributed by atoms with E-state index >= 15 is 0 Å². The van der Waals surface area contributed by atoms with Crippen molar-refractivity contribution < 1.29 is 9.47 Å². The molecule has 1 aliphatic heterocycles. The second-order valence-electron chi connectivity index (χ2n) is 5.44. The third-order valence-electron chi connectivity index (χ3n) is 3.79. The van der Waals surface area contributed by atoms with Crippen molar-refractivity contribution in [3.8, 4) is 11.5 Å². The summed E-state index contributed by atoms with van der Waals surface area (Å²) in [6, 6.07) is 7.70. The zero-order chi connectivity index (χ0) is 14.2. The minimum atomic E-state index is 0.609. The first-order valence-electron chi connectivity index (χ1n) is 7.42. The van der Waals surface area contributed by atoms with Crippen molar-refractivity contribution >= 4 is 0 Å². The molecule has 0 unspecified atom stereocenters. The summed E-state index contributed by atoms with van der Waals surface area (Å²) in [5.74, 6) is 2.57. The quantitative estimate of drug-likeness (QED) is 0.743. The number of benzene rings is 1. The first-order chi connectivity index (χ1) is 9.78. The lowest BCUT2D eigenvalue weighted by molar-refractivity contribution is 0.210. The largest absolute Gasteiger partial charge is 0.497 e. The Hall–Kier alpha value is -1.48. The number of hydrogen-bond acceptors (Lipinski definition) is 3. The fourth-order valence-corrected chi connectivity index (χ4v) is 2.37. The summed E-state index contributed by atoms with van der Waals surface area (Å²) in [5.41, 5.74) is 0. The molecule has 110 valence electrons. The van der Waals surface area contributed by atoms with Crippen LogP contribution in [0.4, 0.5) is 0 Å². The number of hydrogen-bond donors (Lipinski definition) is 0. The van der Waals surface area contributed by atoms with E-state index in [1.54, 1.807) is 7.11 Å². The van der Waals surface area contributed by atoms with Gasteiger partial charge in [-0.15, -0.1) is 0 Å². The molecule has 3 nitrogen and oxygen atoms in total. The Morgan fingerprint density at radius 3 is 2.70 bits per heavy atom. The van der Waals surface area contributed by atoms with Crippen molar-refractivity contribution in [2.24, 2.45) is 5.92 Å². The monoisotopic (exact) mass is 275 g/mol. The molecule has 0 amide bonds. The van der Waals surface area contributed by atoms with Crippen LogP contribution in [0.15, 0.2) is 36.4 Å². The van der Waals surface area contributed by atoms with Crippen LogP contribution in [0.25, 0.3) is 0 Å². The second-order valence-corrected chi connectivity index (χ2v) is 5.44. The summed E-state index contributed by atoms with van der Waals surface area (Å²) >= 11 is 0. The molecule has 1 saturated heterocycles. The Morgan fingerprint density at radius 2 is 1.95 bits per heavy atom. The molecule has 0 bridgehead atoms. The van der Waals surface area contributed by atoms with Crippen LogP contribution in [0.2, 0.25) is 0 Å². The lowest BCUT2D eigenvalue weighted by Gasteiger charge is -2.29. The number of rotatable bonds is 6. The van der Waals surface area contributed by atoms with Crippen LogP contribution < -0.4 is 9.47 Å². The third-order valence-corrected chi connectivity index (χ3v) is 3.79. The Bertz CT molecular complexity index is 423. The minimum Gasteiger partial charge on any atom is -0.497 e. The Kier molecular flexibility index (Phi) is 5.93. The van der Waals surface area contributed by atoms with Gasteiger partial charge in [0.15, 0.2) is 0 Å². The summed E-state index contributed by atoms with van der Waals surface area (Å²) in [6.07, 6.45) is 6.95. The SMILES string of the molecule is COc1cccc(OCC=CCN2CCC(C)CC2)c1. The maximum atomic E-state index is 5.67. The average Bonchev–Trinajstić information content (AvgIpc) is 2.49. The number of ether oxygens (including phenoxy) is 2. The van der Waals surface area contributed by atoms with Gasteiger partial charge in [-0.25, -0.2) is 0 Å². The van der Waals surface area contributed by atoms with Gasteiger partial charge in [0.1, 0.15) is 18.1 Å². The van der Waals surface area contributed by atoms with Crippen molar-refractivity contribution in [3.63, 3.8) is 0 Å². The number of likely N-dealkylation sites (tertiary alicyclic amines) is 1. The molecule has 1 aliphatic rings. The molecule has 0 aliphatic carbocycles. The number of methoxy groups -OCH3 is 1. The van der Waals surface area contributed by atoms with Crippen LogP contribution in [-0.4, -0.2) is 38.3 Å². The molecular formula is C17H25NO2. The van der Waals surface area contributed by atoms with Crippen molar-refractivity contribution in [1.82, 2.24) is 4.90 Å². The first-order valence-corrected chi connectivity index (χ1v) is 7.42. The molecule has 1 fully saturated rings. The number of nitrogens with zero attached hydrogens (tertiary/aromatic N) is 1.